The number of benzene rings is 1. The molecule has 0 aromatic heterocycles. The fourth-order valence-electron chi connectivity index (χ4n) is 5.49. The van der Waals surface area contributed by atoms with E-state index in [1.54, 1.807) is 12.1 Å². The van der Waals surface area contributed by atoms with Gasteiger partial charge in [-0.05, 0) is 49.4 Å². The van der Waals surface area contributed by atoms with Gasteiger partial charge in [-0.1, -0.05) is 6.42 Å². The van der Waals surface area contributed by atoms with Crippen molar-refractivity contribution in [3.8, 4) is 5.75 Å². The van der Waals surface area contributed by atoms with E-state index in [0.29, 0.717) is 30.8 Å². The van der Waals surface area contributed by atoms with Crippen LogP contribution in [0.5, 0.6) is 5.75 Å². The van der Waals surface area contributed by atoms with Crippen LogP contribution >= 0.6 is 0 Å². The number of hydrogen-bond acceptors (Lipinski definition) is 6. The van der Waals surface area contributed by atoms with Crippen molar-refractivity contribution in [3.05, 3.63) is 29.3 Å². The molecule has 5 rings (SSSR count). The third kappa shape index (κ3) is 5.16. The molecule has 3 amide bonds. The molecule has 0 bridgehead atoms. The van der Waals surface area contributed by atoms with Crippen molar-refractivity contribution in [1.29, 1.82) is 0 Å². The Labute approximate surface area is 200 Å². The molecule has 1 aliphatic carbocycles. The van der Waals surface area contributed by atoms with E-state index >= 15 is 0 Å². The van der Waals surface area contributed by atoms with Crippen LogP contribution in [0.25, 0.3) is 0 Å². The van der Waals surface area contributed by atoms with Crippen molar-refractivity contribution in [3.63, 3.8) is 0 Å². The Morgan fingerprint density at radius 2 is 1.83 bits per heavy atom. The van der Waals surface area contributed by atoms with E-state index in [1.807, 2.05) is 6.07 Å². The third-order valence-corrected chi connectivity index (χ3v) is 7.28. The number of nitrogens with zero attached hydrogens (tertiary/aromatic N) is 2. The van der Waals surface area contributed by atoms with Crippen LogP contribution in [-0.2, 0) is 20.9 Å². The maximum absolute atomic E-state index is 12.9. The lowest BCUT2D eigenvalue weighted by molar-refractivity contribution is -0.204. The van der Waals surface area contributed by atoms with Crippen LogP contribution in [0, 0.1) is 0 Å². The molecule has 11 heteroatoms. The molecule has 3 atom stereocenters. The summed E-state index contributed by atoms with van der Waals surface area (Å²) in [6.45, 7) is -0.0314. The summed E-state index contributed by atoms with van der Waals surface area (Å²) < 4.78 is 48.5. The van der Waals surface area contributed by atoms with Gasteiger partial charge in [0.25, 0.3) is 5.91 Å². The Hall–Kier alpha value is -2.66. The number of carbonyl (C=O) groups excluding carboxylic acids is 3. The Balaban J connectivity index is 1.21. The number of alkyl halides is 3. The second-order valence-corrected chi connectivity index (χ2v) is 9.73. The summed E-state index contributed by atoms with van der Waals surface area (Å²) in [4.78, 5) is 40.2. The Bertz CT molecular complexity index is 1010. The van der Waals surface area contributed by atoms with E-state index in [-0.39, 0.29) is 36.9 Å². The number of ether oxygens (including phenoxy) is 2. The Kier molecular flexibility index (Phi) is 6.47. The maximum atomic E-state index is 12.9. The molecule has 35 heavy (non-hydrogen) atoms. The lowest BCUT2D eigenvalue weighted by Gasteiger charge is -2.48. The molecular formula is C24H28F3N3O5. The minimum atomic E-state index is -4.32. The van der Waals surface area contributed by atoms with Gasteiger partial charge >= 0.3 is 6.18 Å². The summed E-state index contributed by atoms with van der Waals surface area (Å²) in [5.74, 6) is -0.379. The van der Waals surface area contributed by atoms with Gasteiger partial charge in [-0.3, -0.25) is 24.6 Å². The summed E-state index contributed by atoms with van der Waals surface area (Å²) in [6.07, 6.45) is -0.536. The van der Waals surface area contributed by atoms with Crippen molar-refractivity contribution in [2.75, 3.05) is 19.7 Å². The number of hydrogen-bond donors (Lipinski definition) is 1. The number of nitrogens with one attached hydrogen (secondary N) is 1. The lowest BCUT2D eigenvalue weighted by Crippen LogP contribution is -2.61. The smallest absolute Gasteiger partial charge is 0.411 e. The Morgan fingerprint density at radius 3 is 2.57 bits per heavy atom. The highest BCUT2D eigenvalue weighted by Crippen LogP contribution is 2.34. The number of imide groups is 1. The fourth-order valence-corrected chi connectivity index (χ4v) is 5.49. The first-order valence-electron chi connectivity index (χ1n) is 12.0. The standard InChI is InChI=1S/C24H28F3N3O5/c25-24(26,27)13-34-16-11-29(12-16)18-3-1-2-4-20(18)35-15-5-6-17-14(9-15)10-30(23(17)33)19-7-8-21(31)28-22(19)32/h5-6,9,16,18-20H,1-4,7-8,10-13H2,(H,28,31,32)/t18-,19?,20-/m1/s1. The molecular weight excluding hydrogens is 467 g/mol. The van der Waals surface area contributed by atoms with Crippen molar-refractivity contribution in [2.45, 2.75) is 75.5 Å². The van der Waals surface area contributed by atoms with Crippen LogP contribution in [-0.4, -0.2) is 77.7 Å². The summed E-state index contributed by atoms with van der Waals surface area (Å²) in [6, 6.07) is 4.72. The zero-order chi connectivity index (χ0) is 24.7. The first kappa shape index (κ1) is 24.1. The minimum absolute atomic E-state index is 0.101. The highest BCUT2D eigenvalue weighted by molar-refractivity contribution is 6.05. The van der Waals surface area contributed by atoms with E-state index in [1.165, 1.54) is 4.90 Å². The fraction of sp³-hybridized carbons (Fsp3) is 0.625. The van der Waals surface area contributed by atoms with Crippen LogP contribution in [0.2, 0.25) is 0 Å². The largest absolute Gasteiger partial charge is 0.489 e. The predicted molar refractivity (Wildman–Crippen MR) is 117 cm³/mol. The zero-order valence-corrected chi connectivity index (χ0v) is 19.2. The van der Waals surface area contributed by atoms with Crippen molar-refractivity contribution < 1.29 is 37.0 Å². The molecule has 0 radical (unpaired) electrons. The molecule has 0 spiro atoms. The summed E-state index contributed by atoms with van der Waals surface area (Å²) >= 11 is 0. The van der Waals surface area contributed by atoms with Crippen LogP contribution in [0.3, 0.4) is 0 Å². The third-order valence-electron chi connectivity index (χ3n) is 7.28. The highest BCUT2D eigenvalue weighted by Gasteiger charge is 2.42. The van der Waals surface area contributed by atoms with Gasteiger partial charge in [0.15, 0.2) is 0 Å². The zero-order valence-electron chi connectivity index (χ0n) is 19.2. The van der Waals surface area contributed by atoms with Crippen LogP contribution < -0.4 is 10.1 Å². The topological polar surface area (TPSA) is 88.2 Å². The van der Waals surface area contributed by atoms with Crippen LogP contribution in [0.4, 0.5) is 13.2 Å². The van der Waals surface area contributed by atoms with Crippen molar-refractivity contribution in [2.24, 2.45) is 0 Å². The molecule has 1 N–H and O–H groups in total. The van der Waals surface area contributed by atoms with Crippen LogP contribution in [0.1, 0.15) is 54.4 Å². The summed E-state index contributed by atoms with van der Waals surface area (Å²) in [5, 5.41) is 2.30. The Morgan fingerprint density at radius 1 is 1.06 bits per heavy atom. The number of fused-ring (bicyclic) bond motifs is 1. The van der Waals surface area contributed by atoms with Gasteiger partial charge in [0.2, 0.25) is 11.8 Å². The van der Waals surface area contributed by atoms with Gasteiger partial charge in [-0.25, -0.2) is 0 Å². The van der Waals surface area contributed by atoms with Gasteiger partial charge in [0, 0.05) is 37.7 Å². The van der Waals surface area contributed by atoms with Crippen molar-refractivity contribution in [1.82, 2.24) is 15.1 Å². The summed E-state index contributed by atoms with van der Waals surface area (Å²) in [7, 11) is 0. The molecule has 2 saturated heterocycles. The van der Waals surface area contributed by atoms with E-state index in [2.05, 4.69) is 10.2 Å². The number of rotatable bonds is 6. The molecule has 3 aliphatic heterocycles. The average molecular weight is 495 g/mol. The molecule has 1 aromatic carbocycles. The first-order chi connectivity index (χ1) is 16.7. The molecule has 4 aliphatic rings. The van der Waals surface area contributed by atoms with E-state index in [4.69, 9.17) is 9.47 Å². The number of piperidine rings is 1. The van der Waals surface area contributed by atoms with Gasteiger partial charge in [-0.2, -0.15) is 13.2 Å². The second-order valence-electron chi connectivity index (χ2n) is 9.73. The number of amides is 3. The van der Waals surface area contributed by atoms with E-state index < -0.39 is 30.8 Å². The van der Waals surface area contributed by atoms with Crippen molar-refractivity contribution >= 4 is 17.7 Å². The van der Waals surface area contributed by atoms with E-state index in [9.17, 15) is 27.6 Å². The van der Waals surface area contributed by atoms with Gasteiger partial charge in [0.1, 0.15) is 24.5 Å². The first-order valence-corrected chi connectivity index (χ1v) is 12.0. The quantitative estimate of drug-likeness (QED) is 0.610. The highest BCUT2D eigenvalue weighted by atomic mass is 19.4. The number of likely N-dealkylation sites (tertiary alicyclic amines) is 1. The van der Waals surface area contributed by atoms with Gasteiger partial charge in [-0.15, -0.1) is 0 Å². The number of halogens is 3. The number of carbonyl (C=O) groups is 3. The predicted octanol–water partition coefficient (Wildman–Crippen LogP) is 2.40. The maximum Gasteiger partial charge on any atom is 0.411 e. The average Bonchev–Trinajstić information content (AvgIpc) is 3.08. The minimum Gasteiger partial charge on any atom is -0.489 e. The summed E-state index contributed by atoms with van der Waals surface area (Å²) in [5.41, 5.74) is 1.30. The SMILES string of the molecule is O=C1CCC(N2Cc3cc(O[C@@H]4CCCC[C@H]4N4CC(OCC(F)(F)F)C4)ccc3C2=O)C(=O)N1. The molecule has 3 heterocycles. The molecule has 1 aromatic rings. The van der Waals surface area contributed by atoms with Gasteiger partial charge in [0.05, 0.1) is 6.10 Å². The normalized spacial score (nSPS) is 28.0. The van der Waals surface area contributed by atoms with Crippen LogP contribution in [0.15, 0.2) is 18.2 Å². The lowest BCUT2D eigenvalue weighted by atomic mass is 9.89. The second kappa shape index (κ2) is 9.42. The molecule has 1 unspecified atom stereocenters. The molecule has 190 valence electrons. The monoisotopic (exact) mass is 495 g/mol. The molecule has 3 fully saturated rings. The van der Waals surface area contributed by atoms with Gasteiger partial charge < -0.3 is 14.4 Å². The van der Waals surface area contributed by atoms with E-state index in [0.717, 1.165) is 31.2 Å². The molecule has 1 saturated carbocycles. The molecule has 8 nitrogen and oxygen atoms in total.